The molecular weight excluding hydrogens is 230 g/mol. The Morgan fingerprint density at radius 1 is 1.29 bits per heavy atom. The van der Waals surface area contributed by atoms with Gasteiger partial charge in [0.25, 0.3) is 0 Å². The first-order valence-electron chi connectivity index (χ1n) is 6.35. The highest BCUT2D eigenvalue weighted by Gasteiger charge is 2.17. The van der Waals surface area contributed by atoms with Gasteiger partial charge >= 0.3 is 0 Å². The molecule has 1 N–H and O–H groups in total. The minimum absolute atomic E-state index is 0.263. The molecule has 0 spiro atoms. The van der Waals surface area contributed by atoms with E-state index in [1.807, 2.05) is 0 Å². The van der Waals surface area contributed by atoms with Crippen molar-refractivity contribution in [1.82, 2.24) is 5.32 Å². The molecule has 2 rings (SSSR count). The van der Waals surface area contributed by atoms with Gasteiger partial charge in [0.05, 0.1) is 0 Å². The predicted molar refractivity (Wildman–Crippen MR) is 73.8 cm³/mol. The van der Waals surface area contributed by atoms with Crippen LogP contribution in [0.1, 0.15) is 43.4 Å². The molecule has 1 saturated heterocycles. The van der Waals surface area contributed by atoms with Crippen molar-refractivity contribution in [2.45, 2.75) is 32.2 Å². The van der Waals surface area contributed by atoms with E-state index in [1.165, 1.54) is 11.1 Å². The molecule has 0 radical (unpaired) electrons. The second kappa shape index (κ2) is 5.78. The van der Waals surface area contributed by atoms with Gasteiger partial charge in [-0.05, 0) is 30.0 Å². The Morgan fingerprint density at radius 3 is 2.65 bits per heavy atom. The van der Waals surface area contributed by atoms with E-state index in [4.69, 9.17) is 0 Å². The molecule has 0 aliphatic carbocycles. The van der Waals surface area contributed by atoms with Crippen molar-refractivity contribution in [2.75, 3.05) is 18.1 Å². The minimum Gasteiger partial charge on any atom is -0.309 e. The van der Waals surface area contributed by atoms with E-state index in [0.29, 0.717) is 5.92 Å². The third-order valence-electron chi connectivity index (χ3n) is 3.30. The van der Waals surface area contributed by atoms with Crippen molar-refractivity contribution in [2.24, 2.45) is 0 Å². The standard InChI is InChI=1S/C14H21NOS/c1-11(2)12-4-6-13(7-5-12)14-10-17(16)9-3-8-15-14/h4-7,11,14-15H,3,8-10H2,1-2H3. The smallest absolute Gasteiger partial charge is 0.0436 e. The van der Waals surface area contributed by atoms with Crippen LogP contribution in [0.3, 0.4) is 0 Å². The monoisotopic (exact) mass is 251 g/mol. The van der Waals surface area contributed by atoms with Crippen molar-refractivity contribution in [3.8, 4) is 0 Å². The third kappa shape index (κ3) is 3.39. The Balaban J connectivity index is 2.12. The largest absolute Gasteiger partial charge is 0.309 e. The Bertz CT molecular complexity index is 386. The highest BCUT2D eigenvalue weighted by Crippen LogP contribution is 2.20. The number of benzene rings is 1. The molecule has 1 heterocycles. The van der Waals surface area contributed by atoms with E-state index in [-0.39, 0.29) is 6.04 Å². The van der Waals surface area contributed by atoms with Crippen LogP contribution in [0.15, 0.2) is 24.3 Å². The number of hydrogen-bond donors (Lipinski definition) is 1. The van der Waals surface area contributed by atoms with Crippen LogP contribution in [-0.2, 0) is 10.8 Å². The van der Waals surface area contributed by atoms with Gasteiger partial charge in [-0.1, -0.05) is 38.1 Å². The predicted octanol–water partition coefficient (Wildman–Crippen LogP) is 2.59. The Labute approximate surface area is 106 Å². The van der Waals surface area contributed by atoms with Gasteiger partial charge in [0.15, 0.2) is 0 Å². The van der Waals surface area contributed by atoms with Crippen LogP contribution in [0.2, 0.25) is 0 Å². The lowest BCUT2D eigenvalue weighted by Gasteiger charge is -2.16. The maximum Gasteiger partial charge on any atom is 0.0436 e. The first-order chi connectivity index (χ1) is 8.16. The summed E-state index contributed by atoms with van der Waals surface area (Å²) in [6.45, 7) is 5.38. The molecule has 1 aliphatic rings. The summed E-state index contributed by atoms with van der Waals surface area (Å²) in [5, 5.41) is 3.48. The zero-order chi connectivity index (χ0) is 12.3. The van der Waals surface area contributed by atoms with Crippen molar-refractivity contribution >= 4 is 10.8 Å². The van der Waals surface area contributed by atoms with Crippen LogP contribution in [-0.4, -0.2) is 22.3 Å². The highest BCUT2D eigenvalue weighted by molar-refractivity contribution is 7.85. The van der Waals surface area contributed by atoms with Gasteiger partial charge in [-0.15, -0.1) is 0 Å². The first-order valence-corrected chi connectivity index (χ1v) is 7.84. The van der Waals surface area contributed by atoms with E-state index in [2.05, 4.69) is 43.4 Å². The average Bonchev–Trinajstić information content (AvgIpc) is 2.54. The fraction of sp³-hybridized carbons (Fsp3) is 0.571. The molecule has 2 unspecified atom stereocenters. The Hall–Kier alpha value is -0.670. The fourth-order valence-electron chi connectivity index (χ4n) is 2.16. The molecule has 2 nitrogen and oxygen atoms in total. The Kier molecular flexibility index (Phi) is 4.35. The minimum atomic E-state index is -0.665. The zero-order valence-corrected chi connectivity index (χ0v) is 11.4. The summed E-state index contributed by atoms with van der Waals surface area (Å²) in [6, 6.07) is 9.00. The maximum absolute atomic E-state index is 11.7. The lowest BCUT2D eigenvalue weighted by Crippen LogP contribution is -2.23. The van der Waals surface area contributed by atoms with Crippen LogP contribution >= 0.6 is 0 Å². The van der Waals surface area contributed by atoms with Gasteiger partial charge in [-0.25, -0.2) is 0 Å². The van der Waals surface area contributed by atoms with Gasteiger partial charge in [0.2, 0.25) is 0 Å². The molecule has 1 aliphatic heterocycles. The van der Waals surface area contributed by atoms with Crippen LogP contribution in [0.4, 0.5) is 0 Å². The second-order valence-corrected chi connectivity index (χ2v) is 6.61. The van der Waals surface area contributed by atoms with E-state index >= 15 is 0 Å². The topological polar surface area (TPSA) is 29.1 Å². The summed E-state index contributed by atoms with van der Waals surface area (Å²) < 4.78 is 11.7. The second-order valence-electron chi connectivity index (χ2n) is 4.99. The van der Waals surface area contributed by atoms with Gasteiger partial charge < -0.3 is 5.32 Å². The third-order valence-corrected chi connectivity index (χ3v) is 4.75. The normalized spacial score (nSPS) is 25.8. The molecule has 0 bridgehead atoms. The van der Waals surface area contributed by atoms with Gasteiger partial charge in [-0.2, -0.15) is 0 Å². The molecule has 2 atom stereocenters. The van der Waals surface area contributed by atoms with E-state index in [0.717, 1.165) is 24.5 Å². The number of nitrogens with one attached hydrogen (secondary N) is 1. The lowest BCUT2D eigenvalue weighted by molar-refractivity contribution is 0.587. The fourth-order valence-corrected chi connectivity index (χ4v) is 3.48. The molecule has 1 aromatic rings. The SMILES string of the molecule is CC(C)c1ccc(C2CS(=O)CCCN2)cc1. The lowest BCUT2D eigenvalue weighted by atomic mass is 9.99. The summed E-state index contributed by atoms with van der Waals surface area (Å²) in [5.74, 6) is 2.16. The van der Waals surface area contributed by atoms with Gasteiger partial charge in [0.1, 0.15) is 0 Å². The van der Waals surface area contributed by atoms with Crippen LogP contribution in [0.25, 0.3) is 0 Å². The molecule has 0 amide bonds. The number of hydrogen-bond acceptors (Lipinski definition) is 2. The molecule has 0 aromatic heterocycles. The van der Waals surface area contributed by atoms with Crippen molar-refractivity contribution in [3.63, 3.8) is 0 Å². The van der Waals surface area contributed by atoms with Crippen LogP contribution < -0.4 is 5.32 Å². The maximum atomic E-state index is 11.7. The van der Waals surface area contributed by atoms with Crippen LogP contribution in [0, 0.1) is 0 Å². The summed E-state index contributed by atoms with van der Waals surface area (Å²) in [7, 11) is -0.665. The van der Waals surface area contributed by atoms with E-state index in [1.54, 1.807) is 0 Å². The first kappa shape index (κ1) is 12.8. The summed E-state index contributed by atoms with van der Waals surface area (Å²) in [6.07, 6.45) is 1.02. The molecule has 3 heteroatoms. The van der Waals surface area contributed by atoms with Crippen molar-refractivity contribution in [1.29, 1.82) is 0 Å². The van der Waals surface area contributed by atoms with Crippen molar-refractivity contribution in [3.05, 3.63) is 35.4 Å². The molecule has 0 saturated carbocycles. The Morgan fingerprint density at radius 2 is 2.00 bits per heavy atom. The van der Waals surface area contributed by atoms with Gasteiger partial charge in [-0.3, -0.25) is 4.21 Å². The van der Waals surface area contributed by atoms with Gasteiger partial charge in [0, 0.05) is 28.3 Å². The number of rotatable bonds is 2. The molecular formula is C14H21NOS. The highest BCUT2D eigenvalue weighted by atomic mass is 32.2. The molecule has 1 fully saturated rings. The molecule has 1 aromatic carbocycles. The quantitative estimate of drug-likeness (QED) is 0.875. The zero-order valence-electron chi connectivity index (χ0n) is 10.6. The summed E-state index contributed by atoms with van der Waals surface area (Å²) >= 11 is 0. The molecule has 94 valence electrons. The van der Waals surface area contributed by atoms with Crippen LogP contribution in [0.5, 0.6) is 0 Å². The van der Waals surface area contributed by atoms with E-state index in [9.17, 15) is 4.21 Å². The molecule has 17 heavy (non-hydrogen) atoms. The van der Waals surface area contributed by atoms with Crippen molar-refractivity contribution < 1.29 is 4.21 Å². The summed E-state index contributed by atoms with van der Waals surface area (Å²) in [5.41, 5.74) is 2.63. The van der Waals surface area contributed by atoms with E-state index < -0.39 is 10.8 Å². The average molecular weight is 251 g/mol. The summed E-state index contributed by atoms with van der Waals surface area (Å²) in [4.78, 5) is 0.